The maximum absolute atomic E-state index is 13.1. The fraction of sp³-hybridized carbons (Fsp3) is 0.889. The summed E-state index contributed by atoms with van der Waals surface area (Å²) < 4.78 is 11.2. The van der Waals surface area contributed by atoms with Gasteiger partial charge < -0.3 is 45.4 Å². The Morgan fingerprint density at radius 2 is 0.836 bits per heavy atom. The monoisotopic (exact) mass is 1030 g/mol. The lowest BCUT2D eigenvalue weighted by Gasteiger charge is -2.40. The Labute approximate surface area is 449 Å². The Balaban J connectivity index is 2.14. The smallest absolute Gasteiger partial charge is 0.249 e. The predicted octanol–water partition coefficient (Wildman–Crippen LogP) is 14.9. The van der Waals surface area contributed by atoms with Gasteiger partial charge in [-0.2, -0.15) is 0 Å². The molecule has 0 aromatic rings. The normalized spacial score (nSPS) is 19.7. The minimum Gasteiger partial charge on any atom is -0.394 e. The number of rotatable bonds is 54. The van der Waals surface area contributed by atoms with Crippen molar-refractivity contribution >= 4 is 5.91 Å². The van der Waals surface area contributed by atoms with Gasteiger partial charge in [0.2, 0.25) is 5.91 Å². The molecular weight excluding hydrogens is 915 g/mol. The average molecular weight is 1030 g/mol. The van der Waals surface area contributed by atoms with Crippen LogP contribution in [-0.4, -0.2) is 98.7 Å². The van der Waals surface area contributed by atoms with Gasteiger partial charge in [0.25, 0.3) is 0 Å². The van der Waals surface area contributed by atoms with Crippen LogP contribution in [0, 0.1) is 0 Å². The van der Waals surface area contributed by atoms with E-state index < -0.39 is 61.5 Å². The summed E-state index contributed by atoms with van der Waals surface area (Å²) in [6, 6.07) is -0.979. The van der Waals surface area contributed by atoms with Gasteiger partial charge in [-0.1, -0.05) is 281 Å². The van der Waals surface area contributed by atoms with Crippen molar-refractivity contribution in [1.29, 1.82) is 0 Å². The van der Waals surface area contributed by atoms with Gasteiger partial charge in [-0.05, 0) is 51.4 Å². The number of hydrogen-bond acceptors (Lipinski definition) is 9. The van der Waals surface area contributed by atoms with Crippen LogP contribution in [0.15, 0.2) is 36.5 Å². The molecule has 1 aliphatic rings. The average Bonchev–Trinajstić information content (AvgIpc) is 3.39. The Kier molecular flexibility index (Phi) is 49.8. The molecule has 1 saturated heterocycles. The van der Waals surface area contributed by atoms with Crippen molar-refractivity contribution in [2.45, 2.75) is 345 Å². The quantitative estimate of drug-likeness (QED) is 0.0232. The lowest BCUT2D eigenvalue weighted by Crippen LogP contribution is -2.60. The van der Waals surface area contributed by atoms with E-state index in [1.165, 1.54) is 225 Å². The topological polar surface area (TPSA) is 169 Å². The molecule has 8 atom stereocenters. The summed E-state index contributed by atoms with van der Waals surface area (Å²) in [6.07, 6.45) is 58.4. The molecular formula is C63H119NO9. The van der Waals surface area contributed by atoms with Crippen molar-refractivity contribution in [2.75, 3.05) is 13.2 Å². The van der Waals surface area contributed by atoms with E-state index in [1.807, 2.05) is 6.08 Å². The molecule has 0 aromatic carbocycles. The Hall–Kier alpha value is -1.63. The molecule has 73 heavy (non-hydrogen) atoms. The lowest BCUT2D eigenvalue weighted by molar-refractivity contribution is -0.302. The van der Waals surface area contributed by atoms with E-state index >= 15 is 0 Å². The van der Waals surface area contributed by atoms with E-state index in [1.54, 1.807) is 6.08 Å². The molecule has 1 aliphatic heterocycles. The largest absolute Gasteiger partial charge is 0.394 e. The number of ether oxygens (including phenoxy) is 2. The molecule has 430 valence electrons. The maximum Gasteiger partial charge on any atom is 0.249 e. The summed E-state index contributed by atoms with van der Waals surface area (Å²) >= 11 is 0. The molecule has 1 amide bonds. The fourth-order valence-electron chi connectivity index (χ4n) is 10.0. The highest BCUT2D eigenvalue weighted by Gasteiger charge is 2.44. The third-order valence-corrected chi connectivity index (χ3v) is 15.1. The van der Waals surface area contributed by atoms with E-state index in [0.29, 0.717) is 6.42 Å². The number of carbonyl (C=O) groups excluding carboxylic acids is 1. The van der Waals surface area contributed by atoms with Crippen molar-refractivity contribution in [3.05, 3.63) is 36.5 Å². The van der Waals surface area contributed by atoms with Crippen molar-refractivity contribution in [3.63, 3.8) is 0 Å². The van der Waals surface area contributed by atoms with E-state index in [-0.39, 0.29) is 6.61 Å². The highest BCUT2D eigenvalue weighted by atomic mass is 16.7. The van der Waals surface area contributed by atoms with Gasteiger partial charge in [-0.25, -0.2) is 0 Å². The van der Waals surface area contributed by atoms with Gasteiger partial charge in [0, 0.05) is 0 Å². The Bertz CT molecular complexity index is 1260. The number of aliphatic hydroxyl groups is 6. The molecule has 0 spiro atoms. The molecule has 0 aliphatic carbocycles. The third kappa shape index (κ3) is 41.2. The van der Waals surface area contributed by atoms with Crippen LogP contribution in [0.2, 0.25) is 0 Å². The Morgan fingerprint density at radius 3 is 1.22 bits per heavy atom. The van der Waals surface area contributed by atoms with Crippen LogP contribution in [0.1, 0.15) is 296 Å². The minimum atomic E-state index is -1.61. The lowest BCUT2D eigenvalue weighted by atomic mass is 9.99. The van der Waals surface area contributed by atoms with Gasteiger partial charge in [-0.3, -0.25) is 4.79 Å². The number of carbonyl (C=O) groups is 1. The molecule has 10 nitrogen and oxygen atoms in total. The molecule has 0 bridgehead atoms. The van der Waals surface area contributed by atoms with Crippen molar-refractivity contribution in [3.8, 4) is 0 Å². The summed E-state index contributed by atoms with van der Waals surface area (Å²) in [6.45, 7) is 3.64. The zero-order valence-electron chi connectivity index (χ0n) is 47.5. The van der Waals surface area contributed by atoms with E-state index in [0.717, 1.165) is 51.4 Å². The van der Waals surface area contributed by atoms with Crippen LogP contribution in [0.4, 0.5) is 0 Å². The Morgan fingerprint density at radius 1 is 0.479 bits per heavy atom. The maximum atomic E-state index is 13.1. The number of amides is 1. The summed E-state index contributed by atoms with van der Waals surface area (Å²) in [7, 11) is 0. The second kappa shape index (κ2) is 52.4. The van der Waals surface area contributed by atoms with E-state index in [4.69, 9.17) is 9.47 Å². The van der Waals surface area contributed by atoms with Crippen molar-refractivity contribution in [2.24, 2.45) is 0 Å². The fourth-order valence-corrected chi connectivity index (χ4v) is 10.0. The molecule has 7 N–H and O–H groups in total. The first-order chi connectivity index (χ1) is 35.8. The molecule has 0 saturated carbocycles. The van der Waals surface area contributed by atoms with Crippen LogP contribution in [0.25, 0.3) is 0 Å². The first-order valence-electron chi connectivity index (χ1n) is 31.3. The van der Waals surface area contributed by atoms with Crippen molar-refractivity contribution < 1.29 is 44.9 Å². The first kappa shape index (κ1) is 69.4. The second-order valence-corrected chi connectivity index (χ2v) is 22.0. The van der Waals surface area contributed by atoms with Crippen LogP contribution in [0.5, 0.6) is 0 Å². The molecule has 1 rings (SSSR count). The number of nitrogens with one attached hydrogen (secondary N) is 1. The van der Waals surface area contributed by atoms with Crippen LogP contribution < -0.4 is 5.32 Å². The van der Waals surface area contributed by atoms with Gasteiger partial charge >= 0.3 is 0 Å². The predicted molar refractivity (Wildman–Crippen MR) is 306 cm³/mol. The van der Waals surface area contributed by atoms with Crippen LogP contribution in [-0.2, 0) is 14.3 Å². The van der Waals surface area contributed by atoms with Gasteiger partial charge in [0.1, 0.15) is 30.5 Å². The zero-order valence-corrected chi connectivity index (χ0v) is 47.5. The van der Waals surface area contributed by atoms with Crippen LogP contribution >= 0.6 is 0 Å². The standard InChI is InChI=1S/C63H119NO9/c1-3-5-7-9-11-13-15-17-19-20-21-22-23-24-25-26-27-28-29-30-31-32-33-34-35-36-37-38-40-42-44-46-48-50-52-57(67)62(71)64-55(54-72-63-61(70)60(69)59(68)58(53-65)73-63)56(66)51-49-47-45-43-41-39-18-16-14-12-10-8-6-4-2/h23-24,26-27,49,51,55-61,63,65-70H,3-22,25,28-48,50,52-54H2,1-2H3,(H,64,71)/b24-23-,27-26-,51-49+. The highest BCUT2D eigenvalue weighted by molar-refractivity contribution is 5.80. The van der Waals surface area contributed by atoms with E-state index in [9.17, 15) is 35.4 Å². The summed E-state index contributed by atoms with van der Waals surface area (Å²) in [5.74, 6) is -0.613. The number of aliphatic hydroxyl groups excluding tert-OH is 6. The minimum absolute atomic E-state index is 0.304. The summed E-state index contributed by atoms with van der Waals surface area (Å²) in [5, 5.41) is 65.0. The van der Waals surface area contributed by atoms with Gasteiger partial charge in [0.05, 0.1) is 25.4 Å². The molecule has 0 radical (unpaired) electrons. The highest BCUT2D eigenvalue weighted by Crippen LogP contribution is 2.23. The van der Waals surface area contributed by atoms with Crippen molar-refractivity contribution in [1.82, 2.24) is 5.32 Å². The third-order valence-electron chi connectivity index (χ3n) is 15.1. The first-order valence-corrected chi connectivity index (χ1v) is 31.3. The van der Waals surface area contributed by atoms with Gasteiger partial charge in [-0.15, -0.1) is 0 Å². The number of hydrogen-bond donors (Lipinski definition) is 7. The van der Waals surface area contributed by atoms with E-state index in [2.05, 4.69) is 43.5 Å². The number of unbranched alkanes of at least 4 members (excludes halogenated alkanes) is 39. The SMILES string of the molecule is CCCCCCCCCCCCC/C=C\C/C=C\CCCCCCCCCCCCCCCCCCC(O)C(=O)NC(COC1OC(CO)C(O)C(O)C1O)C(O)/C=C/CCCCCCCCCCCCCC. The molecule has 0 aromatic heterocycles. The second-order valence-electron chi connectivity index (χ2n) is 22.0. The molecule has 1 fully saturated rings. The molecule has 1 heterocycles. The molecule has 8 unspecified atom stereocenters. The number of allylic oxidation sites excluding steroid dienone is 5. The van der Waals surface area contributed by atoms with Crippen LogP contribution in [0.3, 0.4) is 0 Å². The van der Waals surface area contributed by atoms with Gasteiger partial charge in [0.15, 0.2) is 6.29 Å². The summed E-state index contributed by atoms with van der Waals surface area (Å²) in [5.41, 5.74) is 0. The summed E-state index contributed by atoms with van der Waals surface area (Å²) in [4.78, 5) is 13.1. The molecule has 10 heteroatoms. The zero-order chi connectivity index (χ0) is 53.1.